The average molecular weight is 257 g/mol. The fourth-order valence-electron chi connectivity index (χ4n) is 1.77. The fraction of sp³-hybridized carbons (Fsp3) is 0.818. The third-order valence-corrected chi connectivity index (χ3v) is 3.88. The second kappa shape index (κ2) is 6.37. The monoisotopic (exact) mass is 257 g/mol. The largest absolute Gasteiger partial charge is 0.387 e. The van der Waals surface area contributed by atoms with Crippen LogP contribution in [0.15, 0.2) is 6.20 Å². The summed E-state index contributed by atoms with van der Waals surface area (Å²) in [6.45, 7) is 3.05. The van der Waals surface area contributed by atoms with Gasteiger partial charge in [-0.15, -0.1) is 5.10 Å². The highest BCUT2D eigenvalue weighted by molar-refractivity contribution is 7.99. The van der Waals surface area contributed by atoms with Crippen molar-refractivity contribution in [3.8, 4) is 0 Å². The van der Waals surface area contributed by atoms with E-state index in [0.29, 0.717) is 24.9 Å². The number of aliphatic hydroxyl groups is 1. The highest BCUT2D eigenvalue weighted by Gasteiger charge is 2.13. The first-order chi connectivity index (χ1) is 8.25. The summed E-state index contributed by atoms with van der Waals surface area (Å²) in [7, 11) is 0. The van der Waals surface area contributed by atoms with Crippen molar-refractivity contribution in [3.05, 3.63) is 11.9 Å². The smallest absolute Gasteiger partial charge is 0.111 e. The molecule has 17 heavy (non-hydrogen) atoms. The number of rotatable bonds is 5. The minimum absolute atomic E-state index is 0.413. The molecule has 5 nitrogen and oxygen atoms in total. The van der Waals surface area contributed by atoms with Gasteiger partial charge in [0, 0.05) is 0 Å². The summed E-state index contributed by atoms with van der Waals surface area (Å²) in [5.74, 6) is 2.42. The van der Waals surface area contributed by atoms with Crippen LogP contribution < -0.4 is 0 Å². The van der Waals surface area contributed by atoms with Crippen molar-refractivity contribution in [2.45, 2.75) is 38.5 Å². The van der Waals surface area contributed by atoms with Crippen molar-refractivity contribution in [1.29, 1.82) is 0 Å². The zero-order valence-electron chi connectivity index (χ0n) is 10.1. The summed E-state index contributed by atoms with van der Waals surface area (Å²) in [4.78, 5) is 0. The standard InChI is InChI=1S/C11H19N3O2S/c1-9(15)11-8-14(13-12-11)4-5-16-10-2-6-17-7-3-10/h8-10,15H,2-7H2,1H3. The molecule has 1 atom stereocenters. The molecule has 2 heterocycles. The zero-order chi connectivity index (χ0) is 12.1. The number of aromatic nitrogens is 3. The molecule has 0 amide bonds. The molecule has 0 spiro atoms. The van der Waals surface area contributed by atoms with Crippen LogP contribution in [0.4, 0.5) is 0 Å². The minimum atomic E-state index is -0.556. The van der Waals surface area contributed by atoms with Crippen molar-refractivity contribution in [1.82, 2.24) is 15.0 Å². The quantitative estimate of drug-likeness (QED) is 0.860. The molecular weight excluding hydrogens is 238 g/mol. The SMILES string of the molecule is CC(O)c1cn(CCOC2CCSCC2)nn1. The lowest BCUT2D eigenvalue weighted by Crippen LogP contribution is -2.21. The van der Waals surface area contributed by atoms with Gasteiger partial charge < -0.3 is 9.84 Å². The molecule has 0 aromatic carbocycles. The molecule has 0 saturated carbocycles. The lowest BCUT2D eigenvalue weighted by atomic mass is 10.2. The Bertz CT molecular complexity index is 337. The van der Waals surface area contributed by atoms with Gasteiger partial charge in [0.2, 0.25) is 0 Å². The van der Waals surface area contributed by atoms with E-state index in [4.69, 9.17) is 4.74 Å². The predicted octanol–water partition coefficient (Wildman–Crippen LogP) is 1.24. The Morgan fingerprint density at radius 3 is 3.00 bits per heavy atom. The molecule has 1 aliphatic heterocycles. The summed E-state index contributed by atoms with van der Waals surface area (Å²) in [6.07, 6.45) is 3.93. The third kappa shape index (κ3) is 3.97. The molecule has 0 radical (unpaired) electrons. The van der Waals surface area contributed by atoms with E-state index in [1.807, 2.05) is 11.8 Å². The van der Waals surface area contributed by atoms with Crippen LogP contribution >= 0.6 is 11.8 Å². The Morgan fingerprint density at radius 1 is 1.59 bits per heavy atom. The maximum absolute atomic E-state index is 9.32. The van der Waals surface area contributed by atoms with Crippen LogP contribution in [0.1, 0.15) is 31.6 Å². The van der Waals surface area contributed by atoms with Gasteiger partial charge in [0.1, 0.15) is 5.69 Å². The van der Waals surface area contributed by atoms with Crippen molar-refractivity contribution >= 4 is 11.8 Å². The number of ether oxygens (including phenoxy) is 1. The van der Waals surface area contributed by atoms with Gasteiger partial charge in [0.25, 0.3) is 0 Å². The molecule has 1 N–H and O–H groups in total. The van der Waals surface area contributed by atoms with Crippen LogP contribution in [0.25, 0.3) is 0 Å². The Hall–Kier alpha value is -0.590. The van der Waals surface area contributed by atoms with Crippen molar-refractivity contribution in [3.63, 3.8) is 0 Å². The molecule has 1 unspecified atom stereocenters. The van der Waals surface area contributed by atoms with E-state index in [1.165, 1.54) is 11.5 Å². The summed E-state index contributed by atoms with van der Waals surface area (Å²) >= 11 is 2.00. The number of thioether (sulfide) groups is 1. The summed E-state index contributed by atoms with van der Waals surface area (Å²) < 4.78 is 7.51. The van der Waals surface area contributed by atoms with Gasteiger partial charge in [0.05, 0.1) is 31.6 Å². The van der Waals surface area contributed by atoms with E-state index >= 15 is 0 Å². The van der Waals surface area contributed by atoms with E-state index < -0.39 is 6.10 Å². The molecule has 96 valence electrons. The highest BCUT2D eigenvalue weighted by Crippen LogP contribution is 2.19. The Labute approximate surface area is 106 Å². The predicted molar refractivity (Wildman–Crippen MR) is 67.0 cm³/mol. The van der Waals surface area contributed by atoms with E-state index in [9.17, 15) is 5.11 Å². The molecule has 1 aliphatic rings. The van der Waals surface area contributed by atoms with E-state index in [0.717, 1.165) is 12.8 Å². The first-order valence-electron chi connectivity index (χ1n) is 6.03. The van der Waals surface area contributed by atoms with Gasteiger partial charge in [-0.1, -0.05) is 5.21 Å². The van der Waals surface area contributed by atoms with Gasteiger partial charge in [0.15, 0.2) is 0 Å². The van der Waals surface area contributed by atoms with Crippen LogP contribution in [0.3, 0.4) is 0 Å². The van der Waals surface area contributed by atoms with Crippen molar-refractivity contribution < 1.29 is 9.84 Å². The van der Waals surface area contributed by atoms with Crippen molar-refractivity contribution in [2.24, 2.45) is 0 Å². The fourth-order valence-corrected chi connectivity index (χ4v) is 2.83. The molecule has 0 aliphatic carbocycles. The normalized spacial score (nSPS) is 19.4. The zero-order valence-corrected chi connectivity index (χ0v) is 10.9. The summed E-state index contributed by atoms with van der Waals surface area (Å²) in [5, 5.41) is 17.1. The number of nitrogens with zero attached hydrogens (tertiary/aromatic N) is 3. The highest BCUT2D eigenvalue weighted by atomic mass is 32.2. The van der Waals surface area contributed by atoms with Gasteiger partial charge in [-0.3, -0.25) is 0 Å². The van der Waals surface area contributed by atoms with Crippen LogP contribution in [-0.2, 0) is 11.3 Å². The third-order valence-electron chi connectivity index (χ3n) is 2.83. The summed E-state index contributed by atoms with van der Waals surface area (Å²) in [5.41, 5.74) is 0.610. The van der Waals surface area contributed by atoms with Crippen LogP contribution in [0, 0.1) is 0 Å². The van der Waals surface area contributed by atoms with Gasteiger partial charge in [-0.25, -0.2) is 4.68 Å². The van der Waals surface area contributed by atoms with Crippen molar-refractivity contribution in [2.75, 3.05) is 18.1 Å². The number of hydrogen-bond donors (Lipinski definition) is 1. The van der Waals surface area contributed by atoms with E-state index in [-0.39, 0.29) is 0 Å². The maximum Gasteiger partial charge on any atom is 0.111 e. The Kier molecular flexibility index (Phi) is 4.82. The first-order valence-corrected chi connectivity index (χ1v) is 7.18. The van der Waals surface area contributed by atoms with Crippen LogP contribution in [0.2, 0.25) is 0 Å². The lowest BCUT2D eigenvalue weighted by Gasteiger charge is -2.21. The van der Waals surface area contributed by atoms with E-state index in [2.05, 4.69) is 10.3 Å². The minimum Gasteiger partial charge on any atom is -0.387 e. The number of aliphatic hydroxyl groups excluding tert-OH is 1. The maximum atomic E-state index is 9.32. The molecule has 1 saturated heterocycles. The molecule has 0 bridgehead atoms. The summed E-state index contributed by atoms with van der Waals surface area (Å²) in [6, 6.07) is 0. The van der Waals surface area contributed by atoms with E-state index in [1.54, 1.807) is 17.8 Å². The topological polar surface area (TPSA) is 60.2 Å². The Morgan fingerprint density at radius 2 is 2.35 bits per heavy atom. The van der Waals surface area contributed by atoms with Gasteiger partial charge >= 0.3 is 0 Å². The molecule has 2 rings (SSSR count). The first kappa shape index (κ1) is 12.9. The lowest BCUT2D eigenvalue weighted by molar-refractivity contribution is 0.0413. The number of hydrogen-bond acceptors (Lipinski definition) is 5. The average Bonchev–Trinajstić information content (AvgIpc) is 2.79. The molecule has 6 heteroatoms. The molecule has 1 aromatic heterocycles. The van der Waals surface area contributed by atoms with Gasteiger partial charge in [-0.2, -0.15) is 11.8 Å². The van der Waals surface area contributed by atoms with Gasteiger partial charge in [-0.05, 0) is 31.3 Å². The second-order valence-electron chi connectivity index (χ2n) is 4.26. The molecular formula is C11H19N3O2S. The van der Waals surface area contributed by atoms with Crippen LogP contribution in [-0.4, -0.2) is 44.3 Å². The second-order valence-corrected chi connectivity index (χ2v) is 5.49. The van der Waals surface area contributed by atoms with Crippen LogP contribution in [0.5, 0.6) is 0 Å². The molecule has 1 fully saturated rings. The molecule has 1 aromatic rings. The Balaban J connectivity index is 1.70.